The lowest BCUT2D eigenvalue weighted by molar-refractivity contribution is 0.102. The Morgan fingerprint density at radius 2 is 1.77 bits per heavy atom. The fourth-order valence-corrected chi connectivity index (χ4v) is 2.45. The van der Waals surface area contributed by atoms with E-state index in [1.165, 1.54) is 6.20 Å². The van der Waals surface area contributed by atoms with Crippen molar-refractivity contribution in [3.63, 3.8) is 0 Å². The van der Waals surface area contributed by atoms with Gasteiger partial charge in [-0.3, -0.25) is 4.79 Å². The van der Waals surface area contributed by atoms with Gasteiger partial charge in [0.2, 0.25) is 5.95 Å². The third kappa shape index (κ3) is 4.29. The van der Waals surface area contributed by atoms with Gasteiger partial charge in [0.05, 0.1) is 10.7 Å². The minimum absolute atomic E-state index is 0.243. The number of para-hydroxylation sites is 1. The van der Waals surface area contributed by atoms with Crippen molar-refractivity contribution in [2.24, 2.45) is 0 Å². The molecule has 0 radical (unpaired) electrons. The van der Waals surface area contributed by atoms with E-state index in [0.29, 0.717) is 16.7 Å². The van der Waals surface area contributed by atoms with Crippen LogP contribution in [-0.4, -0.2) is 30.0 Å². The average Bonchev–Trinajstić information content (AvgIpc) is 2.64. The number of benzene rings is 2. The van der Waals surface area contributed by atoms with Crippen LogP contribution >= 0.6 is 11.6 Å². The van der Waals surface area contributed by atoms with Crippen molar-refractivity contribution in [1.29, 1.82) is 0 Å². The van der Waals surface area contributed by atoms with Crippen LogP contribution in [-0.2, 0) is 0 Å². The van der Waals surface area contributed by atoms with Crippen LogP contribution in [0.5, 0.6) is 0 Å². The molecular formula is C19H18ClN5O. The highest BCUT2D eigenvalue weighted by Gasteiger charge is 2.11. The molecule has 0 aliphatic carbocycles. The normalized spacial score (nSPS) is 10.3. The smallest absolute Gasteiger partial charge is 0.274 e. The number of carbonyl (C=O) groups excluding carboxylic acids is 1. The van der Waals surface area contributed by atoms with E-state index in [9.17, 15) is 4.79 Å². The van der Waals surface area contributed by atoms with Gasteiger partial charge in [0.1, 0.15) is 5.69 Å². The molecule has 2 aromatic carbocycles. The van der Waals surface area contributed by atoms with Crippen molar-refractivity contribution in [2.45, 2.75) is 0 Å². The first-order valence-electron chi connectivity index (χ1n) is 7.96. The molecule has 1 amide bonds. The molecule has 0 bridgehead atoms. The number of rotatable bonds is 5. The summed E-state index contributed by atoms with van der Waals surface area (Å²) in [6.45, 7) is 0. The first-order valence-corrected chi connectivity index (χ1v) is 8.34. The summed E-state index contributed by atoms with van der Waals surface area (Å²) >= 11 is 6.07. The maximum atomic E-state index is 12.4. The van der Waals surface area contributed by atoms with Gasteiger partial charge in [-0.25, -0.2) is 9.97 Å². The number of carbonyl (C=O) groups is 1. The SMILES string of the molecule is CN(C)c1ccc(Nc2nccc(C(=O)Nc3ccccc3Cl)n2)cc1. The Balaban J connectivity index is 1.73. The molecule has 1 heterocycles. The van der Waals surface area contributed by atoms with Gasteiger partial charge in [0, 0.05) is 31.7 Å². The highest BCUT2D eigenvalue weighted by atomic mass is 35.5. The number of aromatic nitrogens is 2. The van der Waals surface area contributed by atoms with Gasteiger partial charge in [-0.15, -0.1) is 0 Å². The molecule has 0 atom stereocenters. The molecular weight excluding hydrogens is 350 g/mol. The maximum Gasteiger partial charge on any atom is 0.274 e. The lowest BCUT2D eigenvalue weighted by atomic mass is 10.2. The molecule has 0 fully saturated rings. The van der Waals surface area contributed by atoms with E-state index in [0.717, 1.165) is 11.4 Å². The summed E-state index contributed by atoms with van der Waals surface area (Å²) in [5.74, 6) is -0.0130. The average molecular weight is 368 g/mol. The quantitative estimate of drug-likeness (QED) is 0.707. The van der Waals surface area contributed by atoms with Crippen LogP contribution in [0.2, 0.25) is 5.02 Å². The minimum atomic E-state index is -0.355. The largest absolute Gasteiger partial charge is 0.378 e. The lowest BCUT2D eigenvalue weighted by Crippen LogP contribution is -2.15. The molecule has 26 heavy (non-hydrogen) atoms. The van der Waals surface area contributed by atoms with Crippen LogP contribution in [0, 0.1) is 0 Å². The van der Waals surface area contributed by atoms with Crippen LogP contribution < -0.4 is 15.5 Å². The van der Waals surface area contributed by atoms with Gasteiger partial charge >= 0.3 is 0 Å². The summed E-state index contributed by atoms with van der Waals surface area (Å²) in [4.78, 5) is 22.8. The van der Waals surface area contributed by atoms with E-state index in [4.69, 9.17) is 11.6 Å². The van der Waals surface area contributed by atoms with Crippen molar-refractivity contribution in [3.05, 3.63) is 71.5 Å². The van der Waals surface area contributed by atoms with Gasteiger partial charge in [-0.05, 0) is 42.5 Å². The zero-order valence-electron chi connectivity index (χ0n) is 14.4. The number of anilines is 4. The second-order valence-electron chi connectivity index (χ2n) is 5.77. The van der Waals surface area contributed by atoms with Crippen molar-refractivity contribution >= 4 is 40.5 Å². The molecule has 0 unspecified atom stereocenters. The highest BCUT2D eigenvalue weighted by molar-refractivity contribution is 6.33. The second kappa shape index (κ2) is 7.84. The zero-order chi connectivity index (χ0) is 18.5. The summed E-state index contributed by atoms with van der Waals surface area (Å²) in [6.07, 6.45) is 1.53. The topological polar surface area (TPSA) is 70.2 Å². The Hall–Kier alpha value is -3.12. The van der Waals surface area contributed by atoms with Gasteiger partial charge in [0.25, 0.3) is 5.91 Å². The van der Waals surface area contributed by atoms with Crippen LogP contribution in [0.3, 0.4) is 0 Å². The van der Waals surface area contributed by atoms with Gasteiger partial charge < -0.3 is 15.5 Å². The van der Waals surface area contributed by atoms with Crippen LogP contribution in [0.15, 0.2) is 60.8 Å². The van der Waals surface area contributed by atoms with Crippen LogP contribution in [0.1, 0.15) is 10.5 Å². The first-order chi connectivity index (χ1) is 12.5. The molecule has 3 aromatic rings. The van der Waals surface area contributed by atoms with E-state index >= 15 is 0 Å². The summed E-state index contributed by atoms with van der Waals surface area (Å²) in [7, 11) is 3.96. The van der Waals surface area contributed by atoms with Crippen LogP contribution in [0.25, 0.3) is 0 Å². The number of nitrogens with one attached hydrogen (secondary N) is 2. The molecule has 0 aliphatic heterocycles. The fraction of sp³-hybridized carbons (Fsp3) is 0.105. The highest BCUT2D eigenvalue weighted by Crippen LogP contribution is 2.21. The summed E-state index contributed by atoms with van der Waals surface area (Å²) in [6, 6.07) is 16.4. The summed E-state index contributed by atoms with van der Waals surface area (Å²) in [5, 5.41) is 6.30. The maximum absolute atomic E-state index is 12.4. The predicted octanol–water partition coefficient (Wildman–Crippen LogP) is 4.19. The molecule has 0 spiro atoms. The third-order valence-electron chi connectivity index (χ3n) is 3.65. The number of hydrogen-bond donors (Lipinski definition) is 2. The molecule has 0 aliphatic rings. The molecule has 0 saturated heterocycles. The number of nitrogens with zero attached hydrogens (tertiary/aromatic N) is 3. The van der Waals surface area contributed by atoms with Crippen molar-refractivity contribution in [2.75, 3.05) is 29.6 Å². The number of amides is 1. The zero-order valence-corrected chi connectivity index (χ0v) is 15.2. The molecule has 7 heteroatoms. The Kier molecular flexibility index (Phi) is 5.34. The summed E-state index contributed by atoms with van der Waals surface area (Å²) in [5.41, 5.74) is 2.70. The molecule has 0 saturated carbocycles. The molecule has 6 nitrogen and oxygen atoms in total. The van der Waals surface area contributed by atoms with Crippen molar-refractivity contribution < 1.29 is 4.79 Å². The van der Waals surface area contributed by atoms with E-state index in [1.807, 2.05) is 43.3 Å². The van der Waals surface area contributed by atoms with E-state index in [-0.39, 0.29) is 11.6 Å². The molecule has 132 valence electrons. The fourth-order valence-electron chi connectivity index (χ4n) is 2.27. The first kappa shape index (κ1) is 17.7. The van der Waals surface area contributed by atoms with E-state index in [2.05, 4.69) is 20.6 Å². The van der Waals surface area contributed by atoms with Crippen LogP contribution in [0.4, 0.5) is 23.0 Å². The van der Waals surface area contributed by atoms with Crippen molar-refractivity contribution in [1.82, 2.24) is 9.97 Å². The summed E-state index contributed by atoms with van der Waals surface area (Å²) < 4.78 is 0. The van der Waals surface area contributed by atoms with Crippen molar-refractivity contribution in [3.8, 4) is 0 Å². The Labute approximate surface area is 156 Å². The predicted molar refractivity (Wildman–Crippen MR) is 105 cm³/mol. The Morgan fingerprint density at radius 1 is 1.04 bits per heavy atom. The van der Waals surface area contributed by atoms with Gasteiger partial charge in [-0.1, -0.05) is 23.7 Å². The second-order valence-corrected chi connectivity index (χ2v) is 6.17. The van der Waals surface area contributed by atoms with E-state index in [1.54, 1.807) is 30.3 Å². The third-order valence-corrected chi connectivity index (χ3v) is 3.98. The minimum Gasteiger partial charge on any atom is -0.378 e. The number of halogens is 1. The van der Waals surface area contributed by atoms with E-state index < -0.39 is 0 Å². The molecule has 1 aromatic heterocycles. The molecule has 2 N–H and O–H groups in total. The number of hydrogen-bond acceptors (Lipinski definition) is 5. The Bertz CT molecular complexity index is 912. The molecule has 3 rings (SSSR count). The Morgan fingerprint density at radius 3 is 2.46 bits per heavy atom. The van der Waals surface area contributed by atoms with Gasteiger partial charge in [-0.2, -0.15) is 0 Å². The lowest BCUT2D eigenvalue weighted by Gasteiger charge is -2.13. The standard InChI is InChI=1S/C19H18ClN5O/c1-25(2)14-9-7-13(8-10-14)22-19-21-12-11-17(24-19)18(26)23-16-6-4-3-5-15(16)20/h3-12H,1-2H3,(H,23,26)(H,21,22,24). The van der Waals surface area contributed by atoms with Gasteiger partial charge in [0.15, 0.2) is 0 Å². The monoisotopic (exact) mass is 367 g/mol.